The molecule has 4 atom stereocenters. The first kappa shape index (κ1) is 17.9. The molecule has 1 amide bonds. The number of carbonyl (C=O) groups is 2. The van der Waals surface area contributed by atoms with Gasteiger partial charge in [0.25, 0.3) is 5.91 Å². The molecule has 2 bridgehead atoms. The number of thiazole rings is 1. The van der Waals surface area contributed by atoms with Gasteiger partial charge in [0.05, 0.1) is 0 Å². The molecule has 0 radical (unpaired) electrons. The average molecular weight is 363 g/mol. The summed E-state index contributed by atoms with van der Waals surface area (Å²) in [4.78, 5) is 28.2. The molecule has 0 saturated heterocycles. The van der Waals surface area contributed by atoms with Crippen LogP contribution in [0.4, 0.5) is 5.13 Å². The summed E-state index contributed by atoms with van der Waals surface area (Å²) in [6.45, 7) is 5.98. The van der Waals surface area contributed by atoms with Gasteiger partial charge in [-0.2, -0.15) is 0 Å². The Morgan fingerprint density at radius 2 is 2.32 bits per heavy atom. The molecule has 1 aromatic heterocycles. The van der Waals surface area contributed by atoms with Gasteiger partial charge in [-0.3, -0.25) is 4.79 Å². The Morgan fingerprint density at radius 1 is 1.48 bits per heavy atom. The lowest BCUT2D eigenvalue weighted by atomic mass is 9.84. The Labute approximate surface area is 152 Å². The molecule has 136 valence electrons. The minimum absolute atomic E-state index is 0.135. The first-order valence-corrected chi connectivity index (χ1v) is 9.71. The van der Waals surface area contributed by atoms with Crippen molar-refractivity contribution >= 4 is 28.3 Å². The first-order valence-electron chi connectivity index (χ1n) is 8.83. The Bertz CT molecular complexity index is 645. The van der Waals surface area contributed by atoms with Crippen LogP contribution in [-0.4, -0.2) is 36.1 Å². The van der Waals surface area contributed by atoms with Gasteiger partial charge in [0.2, 0.25) is 0 Å². The maximum absolute atomic E-state index is 12.1. The monoisotopic (exact) mass is 363 g/mol. The zero-order valence-electron chi connectivity index (χ0n) is 14.5. The van der Waals surface area contributed by atoms with Crippen LogP contribution in [0, 0.1) is 17.8 Å². The Kier molecular flexibility index (Phi) is 5.73. The van der Waals surface area contributed by atoms with Gasteiger partial charge in [-0.1, -0.05) is 12.5 Å². The van der Waals surface area contributed by atoms with Crippen LogP contribution >= 0.6 is 11.3 Å². The van der Waals surface area contributed by atoms with E-state index in [1.807, 2.05) is 0 Å². The van der Waals surface area contributed by atoms with Crippen LogP contribution in [0.15, 0.2) is 18.0 Å². The largest absolute Gasteiger partial charge is 0.451 e. The van der Waals surface area contributed by atoms with E-state index in [0.29, 0.717) is 17.6 Å². The molecule has 2 aliphatic carbocycles. The number of nitrogens with zero attached hydrogens (tertiary/aromatic N) is 1. The minimum Gasteiger partial charge on any atom is -0.451 e. The third-order valence-electron chi connectivity index (χ3n) is 5.27. The molecule has 0 aromatic carbocycles. The van der Waals surface area contributed by atoms with Gasteiger partial charge in [-0.05, 0) is 43.9 Å². The highest BCUT2D eigenvalue weighted by atomic mass is 32.1. The fourth-order valence-electron chi connectivity index (χ4n) is 4.12. The lowest BCUT2D eigenvalue weighted by Gasteiger charge is -2.28. The summed E-state index contributed by atoms with van der Waals surface area (Å²) < 4.78 is 5.08. The number of hydrogen-bond acceptors (Lipinski definition) is 6. The Hall–Kier alpha value is -1.89. The molecule has 2 N–H and O–H groups in total. The van der Waals surface area contributed by atoms with Crippen molar-refractivity contribution in [3.8, 4) is 0 Å². The van der Waals surface area contributed by atoms with Crippen molar-refractivity contribution in [3.63, 3.8) is 0 Å². The number of esters is 1. The first-order chi connectivity index (χ1) is 12.1. The van der Waals surface area contributed by atoms with E-state index in [1.165, 1.54) is 37.0 Å². The molecular formula is C18H25N3O3S. The topological polar surface area (TPSA) is 80.3 Å². The van der Waals surface area contributed by atoms with E-state index in [2.05, 4.69) is 29.1 Å². The van der Waals surface area contributed by atoms with Crippen molar-refractivity contribution in [3.05, 3.63) is 23.7 Å². The molecule has 2 fully saturated rings. The van der Waals surface area contributed by atoms with Crippen molar-refractivity contribution < 1.29 is 14.3 Å². The second-order valence-electron chi connectivity index (χ2n) is 6.98. The highest BCUT2D eigenvalue weighted by Gasteiger charge is 2.42. The number of nitrogens with one attached hydrogen (secondary N) is 2. The van der Waals surface area contributed by atoms with Gasteiger partial charge >= 0.3 is 5.97 Å². The molecule has 1 aromatic rings. The number of hydrogen-bond donors (Lipinski definition) is 2. The van der Waals surface area contributed by atoms with Gasteiger partial charge in [0.1, 0.15) is 0 Å². The van der Waals surface area contributed by atoms with Crippen molar-refractivity contribution in [2.75, 3.05) is 18.5 Å². The number of fused-ring (bicyclic) bond motifs is 2. The van der Waals surface area contributed by atoms with Crippen LogP contribution in [0.2, 0.25) is 0 Å². The maximum Gasteiger partial charge on any atom is 0.358 e. The standard InChI is InChI=1S/C18H25N3O3S/c1-3-6-19-18-21-15(10-25-18)17(23)24-9-16(22)20-11(2)14-8-12-4-5-13(14)7-12/h3,10-14H,1,4-9H2,2H3,(H,19,21)(H,20,22). The Morgan fingerprint density at radius 3 is 3.00 bits per heavy atom. The molecule has 2 aliphatic rings. The smallest absolute Gasteiger partial charge is 0.358 e. The second-order valence-corrected chi connectivity index (χ2v) is 7.84. The SMILES string of the molecule is C=CCNc1nc(C(=O)OCC(=O)NC(C)C2CC3CCC2C3)cs1. The number of anilines is 1. The van der Waals surface area contributed by atoms with Gasteiger partial charge in [-0.25, -0.2) is 9.78 Å². The van der Waals surface area contributed by atoms with Gasteiger partial charge in [-0.15, -0.1) is 17.9 Å². The molecular weight excluding hydrogens is 338 g/mol. The molecule has 6 nitrogen and oxygen atoms in total. The second kappa shape index (κ2) is 7.99. The predicted octanol–water partition coefficient (Wildman–Crippen LogP) is 2.84. The molecule has 2 saturated carbocycles. The quantitative estimate of drug-likeness (QED) is 0.548. The Balaban J connectivity index is 1.41. The minimum atomic E-state index is -0.578. The van der Waals surface area contributed by atoms with Crippen LogP contribution < -0.4 is 10.6 Å². The summed E-state index contributed by atoms with van der Waals surface area (Å²) in [5.41, 5.74) is 0.213. The molecule has 1 heterocycles. The normalized spacial score (nSPS) is 25.4. The van der Waals surface area contributed by atoms with Crippen LogP contribution in [0.25, 0.3) is 0 Å². The van der Waals surface area contributed by atoms with E-state index in [-0.39, 0.29) is 24.2 Å². The van der Waals surface area contributed by atoms with E-state index in [4.69, 9.17) is 4.74 Å². The number of rotatable bonds is 8. The fourth-order valence-corrected chi connectivity index (χ4v) is 4.81. The predicted molar refractivity (Wildman–Crippen MR) is 97.6 cm³/mol. The van der Waals surface area contributed by atoms with Gasteiger partial charge < -0.3 is 15.4 Å². The number of carbonyl (C=O) groups excluding carboxylic acids is 2. The molecule has 7 heteroatoms. The number of amides is 1. The number of aromatic nitrogens is 1. The van der Waals surface area contributed by atoms with Crippen LogP contribution in [0.3, 0.4) is 0 Å². The molecule has 0 aliphatic heterocycles. The van der Waals surface area contributed by atoms with Crippen molar-refractivity contribution in [1.82, 2.24) is 10.3 Å². The lowest BCUT2D eigenvalue weighted by Crippen LogP contribution is -2.42. The van der Waals surface area contributed by atoms with Crippen LogP contribution in [-0.2, 0) is 9.53 Å². The summed E-state index contributed by atoms with van der Waals surface area (Å²) in [5.74, 6) is 1.34. The summed E-state index contributed by atoms with van der Waals surface area (Å²) in [5, 5.41) is 8.24. The van der Waals surface area contributed by atoms with E-state index in [0.717, 1.165) is 11.8 Å². The lowest BCUT2D eigenvalue weighted by molar-refractivity contribution is -0.125. The molecule has 25 heavy (non-hydrogen) atoms. The highest BCUT2D eigenvalue weighted by Crippen LogP contribution is 2.49. The van der Waals surface area contributed by atoms with Gasteiger partial charge in [0.15, 0.2) is 17.4 Å². The van der Waals surface area contributed by atoms with Crippen molar-refractivity contribution in [2.45, 2.75) is 38.6 Å². The summed E-state index contributed by atoms with van der Waals surface area (Å²) in [6.07, 6.45) is 6.87. The van der Waals surface area contributed by atoms with Crippen molar-refractivity contribution in [2.24, 2.45) is 17.8 Å². The van der Waals surface area contributed by atoms with E-state index in [1.54, 1.807) is 11.5 Å². The number of ether oxygens (including phenoxy) is 1. The summed E-state index contributed by atoms with van der Waals surface area (Å²) >= 11 is 1.31. The van der Waals surface area contributed by atoms with Crippen molar-refractivity contribution in [1.29, 1.82) is 0 Å². The highest BCUT2D eigenvalue weighted by molar-refractivity contribution is 7.13. The third kappa shape index (κ3) is 4.39. The van der Waals surface area contributed by atoms with Gasteiger partial charge in [0, 0.05) is 18.0 Å². The molecule has 0 spiro atoms. The zero-order chi connectivity index (χ0) is 17.8. The zero-order valence-corrected chi connectivity index (χ0v) is 15.3. The van der Waals surface area contributed by atoms with Crippen LogP contribution in [0.1, 0.15) is 43.1 Å². The van der Waals surface area contributed by atoms with E-state index < -0.39 is 5.97 Å². The third-order valence-corrected chi connectivity index (χ3v) is 6.07. The summed E-state index contributed by atoms with van der Waals surface area (Å²) in [7, 11) is 0. The average Bonchev–Trinajstić information content (AvgIpc) is 3.33. The molecule has 3 rings (SSSR count). The maximum atomic E-state index is 12.1. The fraction of sp³-hybridized carbons (Fsp3) is 0.611. The molecule has 4 unspecified atom stereocenters. The van der Waals surface area contributed by atoms with E-state index in [9.17, 15) is 9.59 Å². The van der Waals surface area contributed by atoms with Crippen LogP contribution in [0.5, 0.6) is 0 Å². The van der Waals surface area contributed by atoms with E-state index >= 15 is 0 Å². The summed E-state index contributed by atoms with van der Waals surface area (Å²) in [6, 6.07) is 0.135.